The number of fused-ring (bicyclic) bond motifs is 1. The predicted molar refractivity (Wildman–Crippen MR) is 99.9 cm³/mol. The highest BCUT2D eigenvalue weighted by molar-refractivity contribution is 6.46. The molecule has 0 saturated carbocycles. The first-order valence-electron chi connectivity index (χ1n) is 9.21. The van der Waals surface area contributed by atoms with Gasteiger partial charge in [-0.3, -0.25) is 14.5 Å². The zero-order chi connectivity index (χ0) is 20.3. The molecule has 10 nitrogen and oxygen atoms in total. The van der Waals surface area contributed by atoms with Gasteiger partial charge in [-0.05, 0) is 12.0 Å². The summed E-state index contributed by atoms with van der Waals surface area (Å²) >= 11 is 0. The van der Waals surface area contributed by atoms with Crippen molar-refractivity contribution in [3.63, 3.8) is 0 Å². The molecule has 0 aliphatic carbocycles. The lowest BCUT2D eigenvalue weighted by molar-refractivity contribution is -0.140. The van der Waals surface area contributed by atoms with Gasteiger partial charge in [-0.25, -0.2) is 0 Å². The molecule has 0 bridgehead atoms. The van der Waals surface area contributed by atoms with Crippen LogP contribution < -0.4 is 15.7 Å². The number of aliphatic hydroxyl groups excluding tert-OH is 1. The van der Waals surface area contributed by atoms with Gasteiger partial charge in [0.2, 0.25) is 11.8 Å². The van der Waals surface area contributed by atoms with Crippen LogP contribution in [0.2, 0.25) is 0 Å². The van der Waals surface area contributed by atoms with E-state index in [2.05, 4.69) is 5.32 Å². The minimum Gasteiger partial charge on any atom is -0.534 e. The fourth-order valence-electron chi connectivity index (χ4n) is 3.50. The second kappa shape index (κ2) is 8.88. The Bertz CT molecular complexity index is 734. The summed E-state index contributed by atoms with van der Waals surface area (Å²) in [5.74, 6) is -1.03. The summed E-state index contributed by atoms with van der Waals surface area (Å²) in [5.41, 5.74) is 6.30. The third-order valence-electron chi connectivity index (χ3n) is 4.95. The Kier molecular flexibility index (Phi) is 6.52. The van der Waals surface area contributed by atoms with Crippen LogP contribution in [0.5, 0.6) is 5.75 Å². The fraction of sp³-hybridized carbons (Fsp3) is 0.529. The number of rotatable bonds is 6. The molecule has 1 atom stereocenters. The molecule has 1 fully saturated rings. The SMILES string of the molecule is NCCN1CCN(CC(=O)NC2Cc3cccc(C(O)O)c3OB2O)C(=O)C1. The van der Waals surface area contributed by atoms with Gasteiger partial charge in [-0.1, -0.05) is 18.2 Å². The first-order chi connectivity index (χ1) is 13.4. The van der Waals surface area contributed by atoms with Crippen molar-refractivity contribution in [2.24, 2.45) is 5.73 Å². The lowest BCUT2D eigenvalue weighted by Gasteiger charge is -2.34. The largest absolute Gasteiger partial charge is 0.547 e. The molecule has 2 amide bonds. The van der Waals surface area contributed by atoms with Gasteiger partial charge < -0.3 is 35.8 Å². The topological polar surface area (TPSA) is 149 Å². The number of benzene rings is 1. The number of nitrogens with two attached hydrogens (primary N) is 1. The number of nitrogens with one attached hydrogen (secondary N) is 1. The maximum atomic E-state index is 12.4. The van der Waals surface area contributed by atoms with Crippen LogP contribution in [-0.2, 0) is 16.0 Å². The molecule has 2 aliphatic rings. The molecule has 0 radical (unpaired) electrons. The van der Waals surface area contributed by atoms with Gasteiger partial charge in [0.15, 0.2) is 6.29 Å². The molecular formula is C17H25BN4O6. The summed E-state index contributed by atoms with van der Waals surface area (Å²) in [4.78, 5) is 28.0. The second-order valence-electron chi connectivity index (χ2n) is 6.98. The highest BCUT2D eigenvalue weighted by atomic mass is 16.5. The molecule has 1 unspecified atom stereocenters. The van der Waals surface area contributed by atoms with Crippen molar-refractivity contribution >= 4 is 18.9 Å². The van der Waals surface area contributed by atoms with E-state index >= 15 is 0 Å². The summed E-state index contributed by atoms with van der Waals surface area (Å²) in [6.07, 6.45) is -1.46. The Hall–Kier alpha value is -2.18. The molecule has 11 heteroatoms. The minimum atomic E-state index is -1.72. The predicted octanol–water partition coefficient (Wildman–Crippen LogP) is -2.79. The van der Waals surface area contributed by atoms with Gasteiger partial charge in [0, 0.05) is 31.7 Å². The number of piperazine rings is 1. The van der Waals surface area contributed by atoms with Crippen molar-refractivity contribution in [3.8, 4) is 5.75 Å². The highest BCUT2D eigenvalue weighted by Crippen LogP contribution is 2.32. The lowest BCUT2D eigenvalue weighted by Crippen LogP contribution is -2.57. The molecule has 0 spiro atoms. The first kappa shape index (κ1) is 20.6. The average molecular weight is 392 g/mol. The van der Waals surface area contributed by atoms with Crippen LogP contribution in [-0.4, -0.2) is 89.2 Å². The van der Waals surface area contributed by atoms with E-state index in [1.165, 1.54) is 11.0 Å². The Labute approximate surface area is 163 Å². The van der Waals surface area contributed by atoms with Gasteiger partial charge in [-0.2, -0.15) is 0 Å². The number of amides is 2. The molecule has 3 rings (SSSR count). The molecule has 1 aromatic rings. The number of carbonyl (C=O) groups excluding carboxylic acids is 2. The van der Waals surface area contributed by atoms with Gasteiger partial charge in [-0.15, -0.1) is 0 Å². The fourth-order valence-corrected chi connectivity index (χ4v) is 3.50. The minimum absolute atomic E-state index is 0.0965. The zero-order valence-corrected chi connectivity index (χ0v) is 15.5. The summed E-state index contributed by atoms with van der Waals surface area (Å²) in [6, 6.07) is 4.87. The monoisotopic (exact) mass is 392 g/mol. The second-order valence-corrected chi connectivity index (χ2v) is 6.98. The van der Waals surface area contributed by atoms with Gasteiger partial charge in [0.05, 0.1) is 19.0 Å². The van der Waals surface area contributed by atoms with Crippen molar-refractivity contribution in [1.82, 2.24) is 15.1 Å². The van der Waals surface area contributed by atoms with E-state index < -0.39 is 25.3 Å². The van der Waals surface area contributed by atoms with E-state index in [0.29, 0.717) is 31.7 Å². The highest BCUT2D eigenvalue weighted by Gasteiger charge is 2.38. The van der Waals surface area contributed by atoms with Crippen molar-refractivity contribution in [1.29, 1.82) is 0 Å². The van der Waals surface area contributed by atoms with E-state index in [1.807, 2.05) is 4.90 Å². The van der Waals surface area contributed by atoms with Gasteiger partial charge >= 0.3 is 7.12 Å². The average Bonchev–Trinajstić information content (AvgIpc) is 2.64. The maximum absolute atomic E-state index is 12.4. The molecular weight excluding hydrogens is 367 g/mol. The molecule has 6 N–H and O–H groups in total. The third kappa shape index (κ3) is 4.62. The maximum Gasteiger partial charge on any atom is 0.547 e. The Balaban J connectivity index is 1.58. The van der Waals surface area contributed by atoms with E-state index in [0.717, 1.165) is 0 Å². The number of carbonyl (C=O) groups is 2. The van der Waals surface area contributed by atoms with Crippen LogP contribution >= 0.6 is 0 Å². The molecule has 1 aromatic carbocycles. The van der Waals surface area contributed by atoms with E-state index in [4.69, 9.17) is 10.4 Å². The summed E-state index contributed by atoms with van der Waals surface area (Å²) in [6.45, 7) is 2.35. The van der Waals surface area contributed by atoms with E-state index in [-0.39, 0.29) is 36.7 Å². The number of para-hydroxylation sites is 1. The van der Waals surface area contributed by atoms with Crippen LogP contribution in [0.1, 0.15) is 17.4 Å². The molecule has 2 aliphatic heterocycles. The zero-order valence-electron chi connectivity index (χ0n) is 15.5. The standard InChI is InChI=1S/C17H25BN4O6/c19-4-5-21-6-7-22(15(24)10-21)9-14(23)20-13-8-11-2-1-3-12(17(25)26)16(11)28-18(13)27/h1-3,13,17,25-27H,4-10,19H2,(H,20,23). The number of aliphatic hydroxyl groups is 2. The Morgan fingerprint density at radius 1 is 1.39 bits per heavy atom. The van der Waals surface area contributed by atoms with E-state index in [9.17, 15) is 24.8 Å². The quantitative estimate of drug-likeness (QED) is 0.258. The van der Waals surface area contributed by atoms with Crippen molar-refractivity contribution in [2.45, 2.75) is 18.7 Å². The summed E-state index contributed by atoms with van der Waals surface area (Å²) in [5, 5.41) is 31.7. The molecule has 28 heavy (non-hydrogen) atoms. The van der Waals surface area contributed by atoms with Crippen LogP contribution in [0.3, 0.4) is 0 Å². The van der Waals surface area contributed by atoms with Crippen molar-refractivity contribution in [2.75, 3.05) is 39.3 Å². The molecule has 152 valence electrons. The first-order valence-corrected chi connectivity index (χ1v) is 9.21. The number of nitrogens with zero attached hydrogens (tertiary/aromatic N) is 2. The van der Waals surface area contributed by atoms with Crippen LogP contribution in [0, 0.1) is 0 Å². The lowest BCUT2D eigenvalue weighted by atomic mass is 9.72. The van der Waals surface area contributed by atoms with Gasteiger partial charge in [0.1, 0.15) is 5.75 Å². The number of hydrogen-bond acceptors (Lipinski definition) is 8. The van der Waals surface area contributed by atoms with Crippen LogP contribution in [0.25, 0.3) is 0 Å². The van der Waals surface area contributed by atoms with Crippen LogP contribution in [0.15, 0.2) is 18.2 Å². The summed E-state index contributed by atoms with van der Waals surface area (Å²) < 4.78 is 5.41. The molecule has 0 aromatic heterocycles. The number of hydrogen-bond donors (Lipinski definition) is 5. The molecule has 2 heterocycles. The Morgan fingerprint density at radius 2 is 2.18 bits per heavy atom. The van der Waals surface area contributed by atoms with Gasteiger partial charge in [0.25, 0.3) is 0 Å². The van der Waals surface area contributed by atoms with Crippen LogP contribution in [0.4, 0.5) is 0 Å². The van der Waals surface area contributed by atoms with Crippen molar-refractivity contribution < 1.29 is 29.5 Å². The van der Waals surface area contributed by atoms with Crippen molar-refractivity contribution in [3.05, 3.63) is 29.3 Å². The molecule has 1 saturated heterocycles. The smallest absolute Gasteiger partial charge is 0.534 e. The summed E-state index contributed by atoms with van der Waals surface area (Å²) in [7, 11) is -1.34. The Morgan fingerprint density at radius 3 is 2.86 bits per heavy atom. The normalized spacial score (nSPS) is 20.2. The van der Waals surface area contributed by atoms with E-state index in [1.54, 1.807) is 12.1 Å². The third-order valence-corrected chi connectivity index (χ3v) is 4.95.